The molecule has 0 spiro atoms. The SMILES string of the molecule is N#Cc1ccc2c(c1)c1ccccc1n2-c1c(-c2ccccc2)cc(-c2nc(-c3ccccc3)nc(-c3ccc(-c4ccccc4)cc3)n2)cc1-c1ccccc1. The molecule has 0 bridgehead atoms. The normalized spacial score (nSPS) is 11.1. The van der Waals surface area contributed by atoms with E-state index < -0.39 is 0 Å². The largest absolute Gasteiger partial charge is 0.308 e. The third kappa shape index (κ3) is 6.22. The van der Waals surface area contributed by atoms with E-state index in [1.54, 1.807) is 0 Å². The van der Waals surface area contributed by atoms with Crippen molar-refractivity contribution in [1.82, 2.24) is 19.5 Å². The second-order valence-electron chi connectivity index (χ2n) is 14.0. The van der Waals surface area contributed by atoms with Crippen LogP contribution >= 0.6 is 0 Å². The fraction of sp³-hybridized carbons (Fsp3) is 0. The van der Waals surface area contributed by atoms with Crippen LogP contribution in [-0.2, 0) is 0 Å². The van der Waals surface area contributed by atoms with Crippen molar-refractivity contribution in [3.05, 3.63) is 206 Å². The summed E-state index contributed by atoms with van der Waals surface area (Å²) in [5, 5.41) is 12.0. The van der Waals surface area contributed by atoms with Gasteiger partial charge in [0.25, 0.3) is 0 Å². The lowest BCUT2D eigenvalue weighted by Gasteiger charge is -2.21. The van der Waals surface area contributed by atoms with Gasteiger partial charge in [0.05, 0.1) is 28.4 Å². The van der Waals surface area contributed by atoms with E-state index in [-0.39, 0.29) is 0 Å². The van der Waals surface area contributed by atoms with Gasteiger partial charge in [-0.3, -0.25) is 0 Å². The Kier molecular flexibility index (Phi) is 8.48. The first-order chi connectivity index (χ1) is 28.2. The van der Waals surface area contributed by atoms with Crippen LogP contribution in [0.2, 0.25) is 0 Å². The van der Waals surface area contributed by atoms with E-state index in [4.69, 9.17) is 15.0 Å². The van der Waals surface area contributed by atoms with Crippen molar-refractivity contribution >= 4 is 21.8 Å². The topological polar surface area (TPSA) is 67.4 Å². The monoisotopic (exact) mass is 727 g/mol. The van der Waals surface area contributed by atoms with Crippen LogP contribution in [0.1, 0.15) is 5.56 Å². The fourth-order valence-corrected chi connectivity index (χ4v) is 7.76. The van der Waals surface area contributed by atoms with Crippen LogP contribution in [0.3, 0.4) is 0 Å². The maximum absolute atomic E-state index is 9.89. The Balaban J connectivity index is 1.26. The average molecular weight is 728 g/mol. The molecule has 0 aliphatic heterocycles. The summed E-state index contributed by atoms with van der Waals surface area (Å²) in [5.41, 5.74) is 12.8. The summed E-state index contributed by atoms with van der Waals surface area (Å²) in [6, 6.07) is 71.1. The van der Waals surface area contributed by atoms with Gasteiger partial charge in [0.2, 0.25) is 0 Å². The molecular weight excluding hydrogens is 695 g/mol. The predicted molar refractivity (Wildman–Crippen MR) is 231 cm³/mol. The number of aromatic nitrogens is 4. The smallest absolute Gasteiger partial charge is 0.164 e. The Bertz CT molecular complexity index is 3030. The van der Waals surface area contributed by atoms with Crippen molar-refractivity contribution < 1.29 is 0 Å². The van der Waals surface area contributed by atoms with Gasteiger partial charge in [-0.15, -0.1) is 0 Å². The average Bonchev–Trinajstić information content (AvgIpc) is 3.63. The number of hydrogen-bond donors (Lipinski definition) is 0. The summed E-state index contributed by atoms with van der Waals surface area (Å²) >= 11 is 0. The highest BCUT2D eigenvalue weighted by molar-refractivity contribution is 6.11. The number of benzene rings is 8. The molecule has 57 heavy (non-hydrogen) atoms. The Morgan fingerprint density at radius 1 is 0.351 bits per heavy atom. The van der Waals surface area contributed by atoms with Gasteiger partial charge >= 0.3 is 0 Å². The Morgan fingerprint density at radius 3 is 1.33 bits per heavy atom. The molecule has 8 aromatic carbocycles. The van der Waals surface area contributed by atoms with E-state index in [0.29, 0.717) is 23.0 Å². The van der Waals surface area contributed by atoms with Gasteiger partial charge in [0.15, 0.2) is 17.5 Å². The fourth-order valence-electron chi connectivity index (χ4n) is 7.76. The molecule has 5 nitrogen and oxygen atoms in total. The van der Waals surface area contributed by atoms with Crippen LogP contribution in [0, 0.1) is 11.3 Å². The summed E-state index contributed by atoms with van der Waals surface area (Å²) in [6.07, 6.45) is 0. The molecule has 266 valence electrons. The van der Waals surface area contributed by atoms with E-state index in [2.05, 4.69) is 150 Å². The van der Waals surface area contributed by atoms with Gasteiger partial charge in [-0.05, 0) is 58.7 Å². The molecule has 0 aliphatic rings. The zero-order valence-corrected chi connectivity index (χ0v) is 30.8. The molecule has 0 atom stereocenters. The van der Waals surface area contributed by atoms with Gasteiger partial charge < -0.3 is 4.57 Å². The zero-order valence-electron chi connectivity index (χ0n) is 30.8. The van der Waals surface area contributed by atoms with Crippen molar-refractivity contribution in [2.24, 2.45) is 0 Å². The molecule has 0 saturated carbocycles. The van der Waals surface area contributed by atoms with E-state index in [0.717, 1.165) is 77.6 Å². The van der Waals surface area contributed by atoms with Crippen LogP contribution in [-0.4, -0.2) is 19.5 Å². The second-order valence-corrected chi connectivity index (χ2v) is 14.0. The summed E-state index contributed by atoms with van der Waals surface area (Å²) in [5.74, 6) is 1.78. The van der Waals surface area contributed by atoms with E-state index in [9.17, 15) is 5.26 Å². The lowest BCUT2D eigenvalue weighted by molar-refractivity contribution is 1.07. The number of para-hydroxylation sites is 1. The Morgan fingerprint density at radius 2 is 0.772 bits per heavy atom. The Hall–Kier alpha value is -7.94. The first-order valence-corrected chi connectivity index (χ1v) is 18.9. The molecule has 2 aromatic heterocycles. The number of rotatable bonds is 7. The van der Waals surface area contributed by atoms with Crippen LogP contribution < -0.4 is 0 Å². The van der Waals surface area contributed by atoms with Crippen molar-refractivity contribution in [1.29, 1.82) is 5.26 Å². The summed E-state index contributed by atoms with van der Waals surface area (Å²) < 4.78 is 2.35. The predicted octanol–water partition coefficient (Wildman–Crippen LogP) is 12.8. The zero-order chi connectivity index (χ0) is 38.1. The lowest BCUT2D eigenvalue weighted by Crippen LogP contribution is -2.04. The highest BCUT2D eigenvalue weighted by Gasteiger charge is 2.23. The molecule has 0 radical (unpaired) electrons. The minimum Gasteiger partial charge on any atom is -0.308 e. The molecule has 10 aromatic rings. The van der Waals surface area contributed by atoms with Crippen LogP contribution in [0.4, 0.5) is 0 Å². The van der Waals surface area contributed by atoms with Gasteiger partial charge in [-0.2, -0.15) is 5.26 Å². The Labute approximate surface area is 330 Å². The highest BCUT2D eigenvalue weighted by Crippen LogP contribution is 2.44. The van der Waals surface area contributed by atoms with Gasteiger partial charge in [0.1, 0.15) is 0 Å². The molecule has 0 unspecified atom stereocenters. The van der Waals surface area contributed by atoms with Gasteiger partial charge in [-0.1, -0.05) is 164 Å². The first kappa shape index (κ1) is 33.6. The summed E-state index contributed by atoms with van der Waals surface area (Å²) in [6.45, 7) is 0. The molecule has 0 fully saturated rings. The number of fused-ring (bicyclic) bond motifs is 3. The molecule has 2 heterocycles. The number of hydrogen-bond acceptors (Lipinski definition) is 4. The first-order valence-electron chi connectivity index (χ1n) is 18.9. The van der Waals surface area contributed by atoms with Crippen LogP contribution in [0.15, 0.2) is 200 Å². The maximum atomic E-state index is 9.89. The molecule has 5 heteroatoms. The minimum atomic E-state index is 0.577. The van der Waals surface area contributed by atoms with E-state index >= 15 is 0 Å². The van der Waals surface area contributed by atoms with Gasteiger partial charge in [0, 0.05) is 38.6 Å². The third-order valence-electron chi connectivity index (χ3n) is 10.5. The molecule has 0 saturated heterocycles. The van der Waals surface area contributed by atoms with Crippen molar-refractivity contribution in [3.63, 3.8) is 0 Å². The highest BCUT2D eigenvalue weighted by atomic mass is 15.0. The van der Waals surface area contributed by atoms with Crippen molar-refractivity contribution in [2.45, 2.75) is 0 Å². The lowest BCUT2D eigenvalue weighted by atomic mass is 9.92. The summed E-state index contributed by atoms with van der Waals surface area (Å²) in [4.78, 5) is 15.5. The molecule has 0 N–H and O–H groups in total. The number of nitriles is 1. The minimum absolute atomic E-state index is 0.577. The molecule has 0 aliphatic carbocycles. The molecular formula is C52H33N5. The summed E-state index contributed by atoms with van der Waals surface area (Å²) in [7, 11) is 0. The molecule has 0 amide bonds. The quantitative estimate of drug-likeness (QED) is 0.164. The number of nitrogens with zero attached hydrogens (tertiary/aromatic N) is 5. The van der Waals surface area contributed by atoms with E-state index in [1.165, 1.54) is 0 Å². The second kappa shape index (κ2) is 14.4. The van der Waals surface area contributed by atoms with E-state index in [1.807, 2.05) is 60.7 Å². The van der Waals surface area contributed by atoms with Crippen LogP contribution in [0.25, 0.3) is 95.0 Å². The standard InChI is InChI=1S/C52H33N5/c53-34-35-25-30-48-46(31-35)43-23-13-14-24-47(43)57(48)49-44(38-17-7-2-8-18-38)32-42(33-45(49)39-19-9-3-10-20-39)52-55-50(40-21-11-4-12-22-40)54-51(56-52)41-28-26-37(27-29-41)36-15-5-1-6-16-36/h1-33H. The third-order valence-corrected chi connectivity index (χ3v) is 10.5. The molecule has 10 rings (SSSR count). The maximum Gasteiger partial charge on any atom is 0.164 e. The van der Waals surface area contributed by atoms with Gasteiger partial charge in [-0.25, -0.2) is 15.0 Å². The van der Waals surface area contributed by atoms with Crippen molar-refractivity contribution in [2.75, 3.05) is 0 Å². The van der Waals surface area contributed by atoms with Crippen LogP contribution in [0.5, 0.6) is 0 Å². The van der Waals surface area contributed by atoms with Crippen molar-refractivity contribution in [3.8, 4) is 79.3 Å².